The van der Waals surface area contributed by atoms with E-state index in [-0.39, 0.29) is 18.5 Å². The number of esters is 1. The van der Waals surface area contributed by atoms with Gasteiger partial charge in [0.1, 0.15) is 11.9 Å². The van der Waals surface area contributed by atoms with Gasteiger partial charge < -0.3 is 9.47 Å². The van der Waals surface area contributed by atoms with Crippen LogP contribution in [-0.2, 0) is 15.9 Å². The van der Waals surface area contributed by atoms with Gasteiger partial charge in [-0.25, -0.2) is 14.0 Å². The molecule has 0 saturated carbocycles. The van der Waals surface area contributed by atoms with Crippen LogP contribution in [0.3, 0.4) is 0 Å². The number of anilines is 1. The number of carbonyl (C=O) groups excluding carboxylic acids is 2. The average Bonchev–Trinajstić information content (AvgIpc) is 2.70. The summed E-state index contributed by atoms with van der Waals surface area (Å²) in [6.07, 6.45) is 1.46. The van der Waals surface area contributed by atoms with Crippen LogP contribution in [0.15, 0.2) is 48.5 Å². The molecule has 0 aliphatic rings. The van der Waals surface area contributed by atoms with Crippen LogP contribution in [0.4, 0.5) is 14.9 Å². The topological polar surface area (TPSA) is 55.8 Å². The number of halogens is 1. The number of nitrogens with zero attached hydrogens (tertiary/aromatic N) is 1. The highest BCUT2D eigenvalue weighted by Gasteiger charge is 2.26. The molecule has 0 N–H and O–H groups in total. The Bertz CT molecular complexity index is 820. The molecule has 0 aromatic heterocycles. The van der Waals surface area contributed by atoms with E-state index in [2.05, 4.69) is 6.92 Å². The van der Waals surface area contributed by atoms with Crippen molar-refractivity contribution >= 4 is 17.7 Å². The van der Waals surface area contributed by atoms with Crippen molar-refractivity contribution in [2.75, 3.05) is 11.5 Å². The SMILES string of the molecule is CCCc1ccc(C(=O)OC(C)CC(C)N(C(=O)OCC)c2ccc(F)cc2)cc1. The van der Waals surface area contributed by atoms with E-state index in [1.54, 1.807) is 26.0 Å². The van der Waals surface area contributed by atoms with Crippen LogP contribution in [0.5, 0.6) is 0 Å². The van der Waals surface area contributed by atoms with E-state index in [0.717, 1.165) is 12.8 Å². The smallest absolute Gasteiger partial charge is 0.414 e. The molecule has 0 spiro atoms. The van der Waals surface area contributed by atoms with Gasteiger partial charge in [-0.05, 0) is 69.2 Å². The number of aryl methyl sites for hydroxylation is 1. The number of hydrogen-bond donors (Lipinski definition) is 0. The molecule has 0 radical (unpaired) electrons. The van der Waals surface area contributed by atoms with Gasteiger partial charge >= 0.3 is 12.1 Å². The van der Waals surface area contributed by atoms with Crippen LogP contribution in [0.2, 0.25) is 0 Å². The van der Waals surface area contributed by atoms with Crippen molar-refractivity contribution in [2.45, 2.75) is 59.1 Å². The Morgan fingerprint density at radius 1 is 1.00 bits per heavy atom. The normalized spacial score (nSPS) is 12.7. The number of rotatable bonds is 9. The molecule has 0 aliphatic carbocycles. The quantitative estimate of drug-likeness (QED) is 0.488. The minimum atomic E-state index is -0.526. The van der Waals surface area contributed by atoms with Crippen molar-refractivity contribution in [1.82, 2.24) is 0 Å². The summed E-state index contributed by atoms with van der Waals surface area (Å²) in [4.78, 5) is 26.4. The Balaban J connectivity index is 2.04. The van der Waals surface area contributed by atoms with Crippen molar-refractivity contribution in [1.29, 1.82) is 0 Å². The number of benzene rings is 2. The molecule has 6 heteroatoms. The largest absolute Gasteiger partial charge is 0.459 e. The van der Waals surface area contributed by atoms with Crippen molar-refractivity contribution in [3.05, 3.63) is 65.5 Å². The van der Waals surface area contributed by atoms with E-state index in [9.17, 15) is 14.0 Å². The fourth-order valence-corrected chi connectivity index (χ4v) is 3.32. The van der Waals surface area contributed by atoms with Crippen molar-refractivity contribution < 1.29 is 23.5 Å². The third-order valence-electron chi connectivity index (χ3n) is 4.72. The first-order chi connectivity index (χ1) is 14.3. The summed E-state index contributed by atoms with van der Waals surface area (Å²) in [5.41, 5.74) is 2.20. The second kappa shape index (κ2) is 11.3. The lowest BCUT2D eigenvalue weighted by Crippen LogP contribution is -2.41. The lowest BCUT2D eigenvalue weighted by atomic mass is 10.1. The summed E-state index contributed by atoms with van der Waals surface area (Å²) in [5, 5.41) is 0. The summed E-state index contributed by atoms with van der Waals surface area (Å²) in [6, 6.07) is 12.7. The summed E-state index contributed by atoms with van der Waals surface area (Å²) in [5.74, 6) is -0.787. The Labute approximate surface area is 177 Å². The maximum Gasteiger partial charge on any atom is 0.414 e. The first-order valence-corrected chi connectivity index (χ1v) is 10.4. The molecule has 0 aliphatic heterocycles. The highest BCUT2D eigenvalue weighted by molar-refractivity contribution is 5.90. The van der Waals surface area contributed by atoms with Gasteiger partial charge in [-0.2, -0.15) is 0 Å². The first kappa shape index (κ1) is 23.4. The molecule has 0 saturated heterocycles. The minimum Gasteiger partial charge on any atom is -0.459 e. The zero-order valence-electron chi connectivity index (χ0n) is 18.1. The summed E-state index contributed by atoms with van der Waals surface area (Å²) in [6.45, 7) is 7.68. The fraction of sp³-hybridized carbons (Fsp3) is 0.417. The van der Waals surface area contributed by atoms with E-state index in [4.69, 9.17) is 9.47 Å². The molecule has 2 aromatic carbocycles. The van der Waals surface area contributed by atoms with Crippen LogP contribution in [0, 0.1) is 5.82 Å². The standard InChI is InChI=1S/C24H30FNO4/c1-5-7-19-8-10-20(11-9-19)23(27)30-18(4)16-17(3)26(24(28)29-6-2)22-14-12-21(25)13-15-22/h8-15,17-18H,5-7,16H2,1-4H3. The van der Waals surface area contributed by atoms with E-state index in [1.165, 1.54) is 34.7 Å². The number of amides is 1. The lowest BCUT2D eigenvalue weighted by molar-refractivity contribution is 0.0313. The molecule has 0 heterocycles. The van der Waals surface area contributed by atoms with Crippen molar-refractivity contribution in [2.24, 2.45) is 0 Å². The first-order valence-electron chi connectivity index (χ1n) is 10.4. The molecule has 0 bridgehead atoms. The van der Waals surface area contributed by atoms with E-state index < -0.39 is 18.2 Å². The van der Waals surface area contributed by atoms with Crippen molar-refractivity contribution in [3.8, 4) is 0 Å². The van der Waals surface area contributed by atoms with Gasteiger partial charge in [0.2, 0.25) is 0 Å². The molecule has 2 rings (SSSR count). The van der Waals surface area contributed by atoms with Gasteiger partial charge in [0.25, 0.3) is 0 Å². The monoisotopic (exact) mass is 415 g/mol. The second-order valence-electron chi connectivity index (χ2n) is 7.29. The molecular formula is C24H30FNO4. The lowest BCUT2D eigenvalue weighted by Gasteiger charge is -2.30. The van der Waals surface area contributed by atoms with E-state index >= 15 is 0 Å². The third-order valence-corrected chi connectivity index (χ3v) is 4.72. The molecule has 0 fully saturated rings. The zero-order chi connectivity index (χ0) is 22.1. The molecule has 1 amide bonds. The van der Waals surface area contributed by atoms with Gasteiger partial charge in [-0.15, -0.1) is 0 Å². The van der Waals surface area contributed by atoms with Gasteiger partial charge in [-0.1, -0.05) is 25.5 Å². The molecule has 2 atom stereocenters. The van der Waals surface area contributed by atoms with Crippen LogP contribution in [-0.4, -0.2) is 30.8 Å². The molecule has 2 aromatic rings. The summed E-state index contributed by atoms with van der Waals surface area (Å²) >= 11 is 0. The fourth-order valence-electron chi connectivity index (χ4n) is 3.32. The zero-order valence-corrected chi connectivity index (χ0v) is 18.1. The van der Waals surface area contributed by atoms with Gasteiger partial charge in [0.05, 0.1) is 12.2 Å². The Hall–Kier alpha value is -2.89. The predicted octanol–water partition coefficient (Wildman–Crippen LogP) is 5.77. The summed E-state index contributed by atoms with van der Waals surface area (Å²) in [7, 11) is 0. The van der Waals surface area contributed by atoms with E-state index in [1.807, 2.05) is 19.1 Å². The van der Waals surface area contributed by atoms with Gasteiger partial charge in [0, 0.05) is 18.2 Å². The maximum atomic E-state index is 13.3. The number of carbonyl (C=O) groups is 2. The minimum absolute atomic E-state index is 0.224. The highest BCUT2D eigenvalue weighted by Crippen LogP contribution is 2.22. The third kappa shape index (κ3) is 6.58. The predicted molar refractivity (Wildman–Crippen MR) is 115 cm³/mol. The van der Waals surface area contributed by atoms with Gasteiger partial charge in [0.15, 0.2) is 0 Å². The summed E-state index contributed by atoms with van der Waals surface area (Å²) < 4.78 is 24.0. The maximum absolute atomic E-state index is 13.3. The van der Waals surface area contributed by atoms with Crippen LogP contribution in [0.25, 0.3) is 0 Å². The molecule has 5 nitrogen and oxygen atoms in total. The van der Waals surface area contributed by atoms with Crippen molar-refractivity contribution in [3.63, 3.8) is 0 Å². The van der Waals surface area contributed by atoms with Crippen LogP contribution in [0.1, 0.15) is 56.5 Å². The second-order valence-corrected chi connectivity index (χ2v) is 7.29. The molecule has 162 valence electrons. The molecule has 2 unspecified atom stereocenters. The Morgan fingerprint density at radius 2 is 1.63 bits per heavy atom. The number of ether oxygens (including phenoxy) is 2. The molecule has 30 heavy (non-hydrogen) atoms. The highest BCUT2D eigenvalue weighted by atomic mass is 19.1. The van der Waals surface area contributed by atoms with Crippen LogP contribution >= 0.6 is 0 Å². The van der Waals surface area contributed by atoms with E-state index in [0.29, 0.717) is 17.7 Å². The number of hydrogen-bond acceptors (Lipinski definition) is 4. The Morgan fingerprint density at radius 3 is 2.20 bits per heavy atom. The van der Waals surface area contributed by atoms with Gasteiger partial charge in [-0.3, -0.25) is 4.90 Å². The van der Waals surface area contributed by atoms with Crippen LogP contribution < -0.4 is 4.90 Å². The molecular weight excluding hydrogens is 385 g/mol. The average molecular weight is 416 g/mol. The Kier molecular flexibility index (Phi) is 8.84.